The molecule has 16 nitrogen and oxygen atoms in total. The van der Waals surface area contributed by atoms with Crippen LogP contribution in [0, 0.1) is 17.8 Å². The normalized spacial score (nSPS) is 34.1. The molecule has 0 spiro atoms. The summed E-state index contributed by atoms with van der Waals surface area (Å²) in [5, 5.41) is 32.3. The zero-order chi connectivity index (χ0) is 33.6. The van der Waals surface area contributed by atoms with Crippen LogP contribution in [0.3, 0.4) is 0 Å². The molecule has 2 heterocycles. The smallest absolute Gasteiger partial charge is 0.309 e. The van der Waals surface area contributed by atoms with Crippen LogP contribution in [0.15, 0.2) is 11.8 Å². The van der Waals surface area contributed by atoms with Gasteiger partial charge in [0, 0.05) is 40.0 Å². The van der Waals surface area contributed by atoms with Crippen LogP contribution >= 0.6 is 0 Å². The van der Waals surface area contributed by atoms with E-state index in [0.717, 1.165) is 27.7 Å². The molecule has 0 aromatic carbocycles. The average Bonchev–Trinajstić information content (AvgIpc) is 3.21. The monoisotopic (exact) mass is 646 g/mol. The molecule has 0 radical (unpaired) electrons. The van der Waals surface area contributed by atoms with Crippen LogP contribution < -0.4 is 0 Å². The lowest BCUT2D eigenvalue weighted by Crippen LogP contribution is -2.61. The summed E-state index contributed by atoms with van der Waals surface area (Å²) in [6.07, 6.45) is -8.53. The van der Waals surface area contributed by atoms with Crippen molar-refractivity contribution in [2.45, 2.75) is 103 Å². The van der Waals surface area contributed by atoms with Crippen LogP contribution in [-0.2, 0) is 61.9 Å². The zero-order valence-electron chi connectivity index (χ0n) is 26.0. The van der Waals surface area contributed by atoms with Crippen molar-refractivity contribution < 1.29 is 77.2 Å². The fourth-order valence-corrected chi connectivity index (χ4v) is 5.79. The lowest BCUT2D eigenvalue weighted by atomic mass is 9.80. The number of hydrogen-bond acceptors (Lipinski definition) is 16. The molecule has 254 valence electrons. The van der Waals surface area contributed by atoms with Gasteiger partial charge in [0.2, 0.25) is 6.29 Å². The number of esters is 5. The van der Waals surface area contributed by atoms with Crippen molar-refractivity contribution in [1.82, 2.24) is 0 Å². The Bertz CT molecular complexity index is 1140. The van der Waals surface area contributed by atoms with Gasteiger partial charge in [0.1, 0.15) is 30.5 Å². The number of aliphatic hydroxyl groups is 3. The summed E-state index contributed by atoms with van der Waals surface area (Å²) in [5.41, 5.74) is -1.70. The predicted octanol–water partition coefficient (Wildman–Crippen LogP) is -0.364. The molecule has 3 N–H and O–H groups in total. The Labute approximate surface area is 259 Å². The molecule has 45 heavy (non-hydrogen) atoms. The number of hydrogen-bond donors (Lipinski definition) is 3. The molecule has 1 saturated carbocycles. The predicted molar refractivity (Wildman–Crippen MR) is 146 cm³/mol. The molecule has 10 atom stereocenters. The van der Waals surface area contributed by atoms with E-state index in [-0.39, 0.29) is 25.4 Å². The first-order chi connectivity index (χ1) is 21.1. The van der Waals surface area contributed by atoms with Crippen LogP contribution in [0.5, 0.6) is 0 Å². The Balaban J connectivity index is 1.95. The molecule has 0 amide bonds. The highest BCUT2D eigenvalue weighted by molar-refractivity contribution is 5.70. The van der Waals surface area contributed by atoms with Crippen molar-refractivity contribution in [3.63, 3.8) is 0 Å². The molecule has 16 heteroatoms. The van der Waals surface area contributed by atoms with Gasteiger partial charge in [0.05, 0.1) is 25.4 Å². The number of ether oxygens (including phenoxy) is 8. The van der Waals surface area contributed by atoms with E-state index in [1.54, 1.807) is 0 Å². The molecule has 3 aliphatic rings. The fraction of sp³-hybridized carbons (Fsp3) is 0.759. The second-order valence-corrected chi connectivity index (χ2v) is 11.7. The van der Waals surface area contributed by atoms with Crippen LogP contribution in [0.25, 0.3) is 0 Å². The number of aliphatic hydroxyl groups excluding tert-OH is 2. The van der Waals surface area contributed by atoms with Crippen LogP contribution in [0.4, 0.5) is 0 Å². The Kier molecular flexibility index (Phi) is 12.3. The van der Waals surface area contributed by atoms with E-state index in [9.17, 15) is 39.3 Å². The molecule has 1 aliphatic carbocycles. The van der Waals surface area contributed by atoms with Gasteiger partial charge in [-0.25, -0.2) is 0 Å². The number of carbonyl (C=O) groups is 5. The zero-order valence-corrected chi connectivity index (χ0v) is 26.0. The second-order valence-electron chi connectivity index (χ2n) is 11.7. The summed E-state index contributed by atoms with van der Waals surface area (Å²) >= 11 is 0. The van der Waals surface area contributed by atoms with Crippen LogP contribution in [0.1, 0.15) is 54.4 Å². The summed E-state index contributed by atoms with van der Waals surface area (Å²) < 4.78 is 44.0. The first kappa shape index (κ1) is 36.2. The van der Waals surface area contributed by atoms with Gasteiger partial charge in [-0.3, -0.25) is 24.0 Å². The fourth-order valence-electron chi connectivity index (χ4n) is 5.79. The highest BCUT2D eigenvalue weighted by Gasteiger charge is 2.63. The lowest BCUT2D eigenvalue weighted by molar-refractivity contribution is -0.304. The Morgan fingerprint density at radius 2 is 1.56 bits per heavy atom. The second kappa shape index (κ2) is 15.3. The van der Waals surface area contributed by atoms with Crippen molar-refractivity contribution in [2.75, 3.05) is 19.8 Å². The summed E-state index contributed by atoms with van der Waals surface area (Å²) in [4.78, 5) is 60.1. The molecule has 0 bridgehead atoms. The van der Waals surface area contributed by atoms with Gasteiger partial charge in [-0.15, -0.1) is 0 Å². The van der Waals surface area contributed by atoms with Crippen molar-refractivity contribution in [3.8, 4) is 0 Å². The molecule has 0 aromatic heterocycles. The molecule has 2 unspecified atom stereocenters. The minimum atomic E-state index is -2.06. The summed E-state index contributed by atoms with van der Waals surface area (Å²) in [7, 11) is 0. The van der Waals surface area contributed by atoms with E-state index in [1.807, 2.05) is 13.8 Å². The van der Waals surface area contributed by atoms with Crippen molar-refractivity contribution >= 4 is 29.8 Å². The third-order valence-corrected chi connectivity index (χ3v) is 7.61. The van der Waals surface area contributed by atoms with Gasteiger partial charge < -0.3 is 53.2 Å². The summed E-state index contributed by atoms with van der Waals surface area (Å²) in [6.45, 7) is 6.43. The maximum absolute atomic E-state index is 12.6. The van der Waals surface area contributed by atoms with E-state index in [0.29, 0.717) is 5.57 Å². The third-order valence-electron chi connectivity index (χ3n) is 7.61. The van der Waals surface area contributed by atoms with Gasteiger partial charge in [-0.05, 0) is 17.9 Å². The maximum Gasteiger partial charge on any atom is 0.309 e. The first-order valence-electron chi connectivity index (χ1n) is 14.5. The highest BCUT2D eigenvalue weighted by Crippen LogP contribution is 2.51. The minimum absolute atomic E-state index is 0.0221. The van der Waals surface area contributed by atoms with Gasteiger partial charge in [-0.1, -0.05) is 13.8 Å². The molecule has 2 fully saturated rings. The van der Waals surface area contributed by atoms with Crippen molar-refractivity contribution in [3.05, 3.63) is 11.8 Å². The third kappa shape index (κ3) is 8.91. The quantitative estimate of drug-likeness (QED) is 0.182. The van der Waals surface area contributed by atoms with Crippen molar-refractivity contribution in [1.29, 1.82) is 0 Å². The SMILES string of the molecule is CC(=O)OC[C@]1(O)C2C(C[C@@H]1OC(C)=O)C(CO[C@@H]1O[C@H](CO)[C@@H](O)[C@H](OC(C)=O)[C@H]1OC(C)=O)=CO[C@H]2OC(=O)CC(C)C. The first-order valence-corrected chi connectivity index (χ1v) is 14.5. The number of rotatable bonds is 12. The highest BCUT2D eigenvalue weighted by atomic mass is 16.7. The van der Waals surface area contributed by atoms with Crippen LogP contribution in [0.2, 0.25) is 0 Å². The summed E-state index contributed by atoms with van der Waals surface area (Å²) in [5.74, 6) is -5.55. The molecule has 0 aromatic rings. The van der Waals surface area contributed by atoms with E-state index in [1.165, 1.54) is 6.26 Å². The number of fused-ring (bicyclic) bond motifs is 1. The van der Waals surface area contributed by atoms with Gasteiger partial charge in [-0.2, -0.15) is 0 Å². The van der Waals surface area contributed by atoms with Gasteiger partial charge in [0.25, 0.3) is 0 Å². The molecule has 2 aliphatic heterocycles. The Morgan fingerprint density at radius 1 is 0.933 bits per heavy atom. The molecule has 1 saturated heterocycles. The van der Waals surface area contributed by atoms with Crippen LogP contribution in [-0.4, -0.2) is 114 Å². The minimum Gasteiger partial charge on any atom is -0.463 e. The Morgan fingerprint density at radius 3 is 2.11 bits per heavy atom. The van der Waals surface area contributed by atoms with Crippen molar-refractivity contribution in [2.24, 2.45) is 17.8 Å². The molecular weight excluding hydrogens is 604 g/mol. The lowest BCUT2D eigenvalue weighted by Gasteiger charge is -2.43. The van der Waals surface area contributed by atoms with E-state index in [4.69, 9.17) is 37.9 Å². The standard InChI is InChI=1S/C29H42O16/c1-13(2)7-22(35)45-27-23-19(8-21(41-15(4)32)29(23,37)12-40-14(3)31)18(10-38-27)11-39-28-26(43-17(6)34)25(42-16(5)33)24(36)20(9-30)44-28/h10,13,19-21,23-28,30,36-37H,7-9,11-12H2,1-6H3/t19?,20-,21+,23?,24-,25+,26-,27+,28-,29-/m1/s1. The number of carbonyl (C=O) groups excluding carboxylic acids is 5. The van der Waals surface area contributed by atoms with Gasteiger partial charge >= 0.3 is 29.8 Å². The largest absolute Gasteiger partial charge is 0.463 e. The maximum atomic E-state index is 12.6. The molecular formula is C29H42O16. The van der Waals surface area contributed by atoms with Gasteiger partial charge in [0.15, 0.2) is 18.5 Å². The summed E-state index contributed by atoms with van der Waals surface area (Å²) in [6, 6.07) is 0. The average molecular weight is 647 g/mol. The topological polar surface area (TPSA) is 220 Å². The van der Waals surface area contributed by atoms with E-state index >= 15 is 0 Å². The Hall–Kier alpha value is -3.31. The molecule has 3 rings (SSSR count). The van der Waals surface area contributed by atoms with E-state index < -0.39 is 104 Å². The van der Waals surface area contributed by atoms with E-state index in [2.05, 4.69) is 0 Å².